The molecule has 0 radical (unpaired) electrons. The van der Waals surface area contributed by atoms with E-state index >= 15 is 0 Å². The van der Waals surface area contributed by atoms with Crippen LogP contribution >= 0.6 is 15.9 Å². The zero-order valence-corrected chi connectivity index (χ0v) is 15.8. The first-order valence-corrected chi connectivity index (χ1v) is 8.28. The van der Waals surface area contributed by atoms with Crippen molar-refractivity contribution < 1.29 is 19.4 Å². The highest BCUT2D eigenvalue weighted by molar-refractivity contribution is 9.10. The number of hydrogen-bond donors (Lipinski definition) is 2. The second kappa shape index (κ2) is 8.53. The molecule has 0 fully saturated rings. The summed E-state index contributed by atoms with van der Waals surface area (Å²) in [5, 5.41) is 13.6. The maximum Gasteiger partial charge on any atom is 0.277 e. The lowest BCUT2D eigenvalue weighted by Crippen LogP contribution is -2.24. The molecule has 0 unspecified atom stereocenters. The number of amides is 1. The summed E-state index contributed by atoms with van der Waals surface area (Å²) in [5.41, 5.74) is 5.14. The minimum atomic E-state index is -0.374. The number of phenols is 1. The van der Waals surface area contributed by atoms with E-state index in [9.17, 15) is 9.90 Å². The highest BCUT2D eigenvalue weighted by atomic mass is 79.9. The summed E-state index contributed by atoms with van der Waals surface area (Å²) < 4.78 is 11.0. The smallest absolute Gasteiger partial charge is 0.277 e. The van der Waals surface area contributed by atoms with Crippen LogP contribution in [0.2, 0.25) is 0 Å². The van der Waals surface area contributed by atoms with Gasteiger partial charge in [0.1, 0.15) is 5.75 Å². The molecule has 0 saturated carbocycles. The van der Waals surface area contributed by atoms with Gasteiger partial charge in [-0.25, -0.2) is 5.43 Å². The molecule has 2 aromatic carbocycles. The van der Waals surface area contributed by atoms with Crippen LogP contribution in [0.1, 0.15) is 16.7 Å². The number of nitrogens with one attached hydrogen (secondary N) is 1. The molecular weight excluding hydrogens is 388 g/mol. The van der Waals surface area contributed by atoms with Gasteiger partial charge in [0.15, 0.2) is 18.1 Å². The van der Waals surface area contributed by atoms with Crippen LogP contribution in [0.15, 0.2) is 39.9 Å². The van der Waals surface area contributed by atoms with E-state index in [1.807, 2.05) is 32.0 Å². The van der Waals surface area contributed by atoms with Crippen molar-refractivity contribution in [1.82, 2.24) is 5.43 Å². The minimum Gasteiger partial charge on any atom is -0.503 e. The van der Waals surface area contributed by atoms with Crippen LogP contribution in [-0.4, -0.2) is 30.9 Å². The number of methoxy groups -OCH3 is 1. The summed E-state index contributed by atoms with van der Waals surface area (Å²) in [4.78, 5) is 11.8. The number of rotatable bonds is 6. The van der Waals surface area contributed by atoms with Crippen LogP contribution in [-0.2, 0) is 4.79 Å². The average molecular weight is 407 g/mol. The molecule has 0 saturated heterocycles. The number of aromatic hydroxyl groups is 1. The highest BCUT2D eigenvalue weighted by Gasteiger charge is 2.08. The van der Waals surface area contributed by atoms with Crippen LogP contribution in [0.4, 0.5) is 0 Å². The van der Waals surface area contributed by atoms with Gasteiger partial charge in [0.25, 0.3) is 5.91 Å². The summed E-state index contributed by atoms with van der Waals surface area (Å²) in [6.07, 6.45) is 1.45. The average Bonchev–Trinajstić information content (AvgIpc) is 2.57. The van der Waals surface area contributed by atoms with E-state index in [0.29, 0.717) is 21.5 Å². The highest BCUT2D eigenvalue weighted by Crippen LogP contribution is 2.34. The van der Waals surface area contributed by atoms with Gasteiger partial charge in [0.05, 0.1) is 17.8 Å². The Hall–Kier alpha value is -2.54. The number of halogens is 1. The Balaban J connectivity index is 1.91. The monoisotopic (exact) mass is 406 g/mol. The normalized spacial score (nSPS) is 10.7. The second-order valence-corrected chi connectivity index (χ2v) is 6.26. The number of hydrogen-bond acceptors (Lipinski definition) is 5. The number of carbonyl (C=O) groups is 1. The van der Waals surface area contributed by atoms with Gasteiger partial charge in [-0.3, -0.25) is 4.79 Å². The molecule has 2 aromatic rings. The first kappa shape index (κ1) is 18.8. The lowest BCUT2D eigenvalue weighted by atomic mass is 10.1. The van der Waals surface area contributed by atoms with Crippen LogP contribution in [0.3, 0.4) is 0 Å². The van der Waals surface area contributed by atoms with Crippen molar-refractivity contribution in [2.24, 2.45) is 5.10 Å². The van der Waals surface area contributed by atoms with Gasteiger partial charge in [-0.15, -0.1) is 0 Å². The van der Waals surface area contributed by atoms with Gasteiger partial charge in [-0.2, -0.15) is 5.10 Å². The molecule has 1 amide bonds. The zero-order valence-electron chi connectivity index (χ0n) is 14.2. The maximum atomic E-state index is 11.8. The molecule has 0 aliphatic carbocycles. The molecule has 0 spiro atoms. The fourth-order valence-electron chi connectivity index (χ4n) is 2.14. The van der Waals surface area contributed by atoms with Crippen molar-refractivity contribution in [3.05, 3.63) is 51.5 Å². The quantitative estimate of drug-likeness (QED) is 0.569. The standard InChI is InChI=1S/C18H19BrN2O4/c1-11-4-5-15(12(2)6-11)25-10-17(22)21-20-9-13-7-14(19)18(23)16(8-13)24-3/h4-9,23H,10H2,1-3H3,(H,21,22)/b20-9-. The Kier molecular flexibility index (Phi) is 6.41. The molecule has 2 rings (SSSR count). The van der Waals surface area contributed by atoms with Gasteiger partial charge in [0, 0.05) is 0 Å². The van der Waals surface area contributed by atoms with Crippen molar-refractivity contribution >= 4 is 28.1 Å². The predicted molar refractivity (Wildman–Crippen MR) is 99.5 cm³/mol. The summed E-state index contributed by atoms with van der Waals surface area (Å²) >= 11 is 3.22. The topological polar surface area (TPSA) is 80.2 Å². The fourth-order valence-corrected chi connectivity index (χ4v) is 2.60. The van der Waals surface area contributed by atoms with Crippen molar-refractivity contribution in [3.63, 3.8) is 0 Å². The Morgan fingerprint density at radius 2 is 2.04 bits per heavy atom. The summed E-state index contributed by atoms with van der Waals surface area (Å²) in [6.45, 7) is 3.78. The van der Waals surface area contributed by atoms with Crippen LogP contribution in [0.5, 0.6) is 17.2 Å². The molecule has 7 heteroatoms. The molecule has 6 nitrogen and oxygen atoms in total. The lowest BCUT2D eigenvalue weighted by Gasteiger charge is -2.08. The first-order valence-electron chi connectivity index (χ1n) is 7.49. The zero-order chi connectivity index (χ0) is 18.4. The molecule has 0 heterocycles. The fraction of sp³-hybridized carbons (Fsp3) is 0.222. The van der Waals surface area contributed by atoms with Crippen LogP contribution in [0.25, 0.3) is 0 Å². The molecule has 0 aliphatic heterocycles. The van der Waals surface area contributed by atoms with E-state index in [1.54, 1.807) is 12.1 Å². The molecule has 0 aromatic heterocycles. The third-order valence-corrected chi connectivity index (χ3v) is 3.97. The number of carbonyl (C=O) groups excluding carboxylic acids is 1. The first-order chi connectivity index (χ1) is 11.9. The van der Waals surface area contributed by atoms with E-state index in [2.05, 4.69) is 26.5 Å². The van der Waals surface area contributed by atoms with Crippen molar-refractivity contribution in [3.8, 4) is 17.2 Å². The van der Waals surface area contributed by atoms with Crippen molar-refractivity contribution in [2.45, 2.75) is 13.8 Å². The van der Waals surface area contributed by atoms with E-state index in [4.69, 9.17) is 9.47 Å². The van der Waals surface area contributed by atoms with Crippen molar-refractivity contribution in [1.29, 1.82) is 0 Å². The number of hydrazone groups is 1. The molecule has 0 bridgehead atoms. The third-order valence-electron chi connectivity index (χ3n) is 3.36. The summed E-state index contributed by atoms with van der Waals surface area (Å²) in [7, 11) is 1.45. The number of nitrogens with zero attached hydrogens (tertiary/aromatic N) is 1. The predicted octanol–water partition coefficient (Wildman–Crippen LogP) is 3.31. The van der Waals surface area contributed by atoms with Gasteiger partial charge >= 0.3 is 0 Å². The Labute approximate surface area is 154 Å². The number of phenolic OH excluding ortho intramolecular Hbond substituents is 1. The van der Waals surface area contributed by atoms with E-state index in [-0.39, 0.29) is 18.3 Å². The van der Waals surface area contributed by atoms with E-state index in [0.717, 1.165) is 11.1 Å². The second-order valence-electron chi connectivity index (χ2n) is 5.40. The van der Waals surface area contributed by atoms with Crippen LogP contribution in [0, 0.1) is 13.8 Å². The van der Waals surface area contributed by atoms with Gasteiger partial charge in [-0.05, 0) is 59.1 Å². The molecular formula is C18H19BrN2O4. The van der Waals surface area contributed by atoms with Gasteiger partial charge in [-0.1, -0.05) is 17.7 Å². The largest absolute Gasteiger partial charge is 0.503 e. The maximum absolute atomic E-state index is 11.8. The number of benzene rings is 2. The van der Waals surface area contributed by atoms with E-state index < -0.39 is 0 Å². The van der Waals surface area contributed by atoms with E-state index in [1.165, 1.54) is 13.3 Å². The molecule has 0 atom stereocenters. The van der Waals surface area contributed by atoms with Gasteiger partial charge < -0.3 is 14.6 Å². The minimum absolute atomic E-state index is 0.00514. The number of aryl methyl sites for hydroxylation is 2. The molecule has 2 N–H and O–H groups in total. The Morgan fingerprint density at radius 3 is 2.72 bits per heavy atom. The Bertz CT molecular complexity index is 806. The molecule has 0 aliphatic rings. The SMILES string of the molecule is COc1cc(/C=N\NC(=O)COc2ccc(C)cc2C)cc(Br)c1O. The summed E-state index contributed by atoms with van der Waals surface area (Å²) in [5.74, 6) is 0.601. The van der Waals surface area contributed by atoms with Gasteiger partial charge in [0.2, 0.25) is 0 Å². The number of ether oxygens (including phenoxy) is 2. The van der Waals surface area contributed by atoms with Crippen molar-refractivity contribution in [2.75, 3.05) is 13.7 Å². The lowest BCUT2D eigenvalue weighted by molar-refractivity contribution is -0.123. The third kappa shape index (κ3) is 5.22. The Morgan fingerprint density at radius 1 is 1.28 bits per heavy atom. The summed E-state index contributed by atoms with van der Waals surface area (Å²) in [6, 6.07) is 9.00. The van der Waals surface area contributed by atoms with Crippen LogP contribution < -0.4 is 14.9 Å². The molecule has 25 heavy (non-hydrogen) atoms. The molecule has 132 valence electrons.